The van der Waals surface area contributed by atoms with Crippen molar-refractivity contribution in [1.29, 1.82) is 0 Å². The first-order valence-electron chi connectivity index (χ1n) is 11.0. The first-order valence-corrected chi connectivity index (χ1v) is 11.0. The molecule has 178 valence electrons. The van der Waals surface area contributed by atoms with Gasteiger partial charge in [-0.1, -0.05) is 24.9 Å². The van der Waals surface area contributed by atoms with Crippen LogP contribution in [0.1, 0.15) is 49.7 Å². The van der Waals surface area contributed by atoms with Crippen LogP contribution in [-0.4, -0.2) is 57.3 Å². The molecule has 2 aromatic heterocycles. The standard InChI is InChI=1S/C22H27N5O4.C2H6/c1-16(28)22-25-10-11-27(22)14-18-12-21(31-26-18)7-4-17-2-5-20(6-3-17)30-15-19(29)13-24-9-8-23;1-2/h2-3,5-6,10-12,16,19,24,28-29H,8-9,13-15,23H2,1H3;1-2H3/t16-,19?;/m0./s1. The molecule has 0 amide bonds. The predicted molar refractivity (Wildman–Crippen MR) is 126 cm³/mol. The summed E-state index contributed by atoms with van der Waals surface area (Å²) in [5, 5.41) is 26.6. The van der Waals surface area contributed by atoms with Crippen LogP contribution in [0.4, 0.5) is 0 Å². The lowest BCUT2D eigenvalue weighted by Crippen LogP contribution is -2.34. The highest BCUT2D eigenvalue weighted by atomic mass is 16.5. The van der Waals surface area contributed by atoms with Gasteiger partial charge in [0.1, 0.15) is 36.1 Å². The average molecular weight is 456 g/mol. The molecular weight excluding hydrogens is 422 g/mol. The number of nitrogens with two attached hydrogens (primary N) is 1. The van der Waals surface area contributed by atoms with Crippen molar-refractivity contribution >= 4 is 0 Å². The molecule has 2 atom stereocenters. The molecule has 0 radical (unpaired) electrons. The van der Waals surface area contributed by atoms with Gasteiger partial charge in [-0.25, -0.2) is 4.98 Å². The largest absolute Gasteiger partial charge is 0.491 e. The smallest absolute Gasteiger partial charge is 0.210 e. The van der Waals surface area contributed by atoms with Crippen molar-refractivity contribution in [3.05, 3.63) is 65.6 Å². The second kappa shape index (κ2) is 14.1. The number of imidazole rings is 1. The molecule has 0 bridgehead atoms. The third-order valence-corrected chi connectivity index (χ3v) is 4.34. The van der Waals surface area contributed by atoms with Crippen LogP contribution in [0, 0.1) is 11.8 Å². The normalized spacial score (nSPS) is 12.2. The van der Waals surface area contributed by atoms with Crippen LogP contribution in [-0.2, 0) is 6.54 Å². The second-order valence-corrected chi connectivity index (χ2v) is 7.00. The first kappa shape index (κ1) is 26.1. The van der Waals surface area contributed by atoms with Crippen LogP contribution in [0.25, 0.3) is 0 Å². The maximum absolute atomic E-state index is 9.84. The Balaban J connectivity index is 0.00000187. The van der Waals surface area contributed by atoms with Gasteiger partial charge in [0.2, 0.25) is 5.76 Å². The summed E-state index contributed by atoms with van der Waals surface area (Å²) in [6.45, 7) is 7.91. The molecule has 2 heterocycles. The van der Waals surface area contributed by atoms with E-state index < -0.39 is 12.2 Å². The van der Waals surface area contributed by atoms with Crippen LogP contribution in [0.3, 0.4) is 0 Å². The van der Waals surface area contributed by atoms with Gasteiger partial charge in [0.25, 0.3) is 0 Å². The summed E-state index contributed by atoms with van der Waals surface area (Å²) in [5.41, 5.74) is 6.87. The van der Waals surface area contributed by atoms with Crippen LogP contribution < -0.4 is 15.8 Å². The van der Waals surface area contributed by atoms with Crippen molar-refractivity contribution in [2.45, 2.75) is 39.5 Å². The zero-order valence-electron chi connectivity index (χ0n) is 19.4. The van der Waals surface area contributed by atoms with Crippen molar-refractivity contribution in [3.63, 3.8) is 0 Å². The maximum Gasteiger partial charge on any atom is 0.210 e. The summed E-state index contributed by atoms with van der Waals surface area (Å²) >= 11 is 0. The summed E-state index contributed by atoms with van der Waals surface area (Å²) in [5.74, 6) is 7.63. The van der Waals surface area contributed by atoms with Crippen molar-refractivity contribution in [3.8, 4) is 17.6 Å². The van der Waals surface area contributed by atoms with Gasteiger partial charge in [0, 0.05) is 43.7 Å². The Hall–Kier alpha value is -3.16. The molecule has 9 nitrogen and oxygen atoms in total. The topological polar surface area (TPSA) is 132 Å². The molecule has 0 fully saturated rings. The number of hydrogen-bond acceptors (Lipinski definition) is 8. The number of hydrogen-bond donors (Lipinski definition) is 4. The quantitative estimate of drug-likeness (QED) is 0.268. The Morgan fingerprint density at radius 3 is 2.67 bits per heavy atom. The van der Waals surface area contributed by atoms with E-state index in [0.717, 1.165) is 5.56 Å². The van der Waals surface area contributed by atoms with Gasteiger partial charge < -0.3 is 35.1 Å². The Kier molecular flexibility index (Phi) is 11.1. The molecule has 0 saturated heterocycles. The van der Waals surface area contributed by atoms with Crippen molar-refractivity contribution < 1.29 is 19.5 Å². The summed E-state index contributed by atoms with van der Waals surface area (Å²) in [6, 6.07) is 9.02. The fourth-order valence-corrected chi connectivity index (χ4v) is 2.83. The number of rotatable bonds is 10. The Morgan fingerprint density at radius 2 is 1.97 bits per heavy atom. The van der Waals surface area contributed by atoms with Crippen LogP contribution in [0.2, 0.25) is 0 Å². The number of ether oxygens (including phenoxy) is 1. The van der Waals surface area contributed by atoms with E-state index in [2.05, 4.69) is 27.3 Å². The SMILES string of the molecule is CC.C[C@H](O)c1nccn1Cc1cc(C#Cc2ccc(OCC(O)CNCCN)cc2)on1. The summed E-state index contributed by atoms with van der Waals surface area (Å²) in [7, 11) is 0. The Labute approximate surface area is 194 Å². The van der Waals surface area contributed by atoms with Gasteiger partial charge >= 0.3 is 0 Å². The number of benzene rings is 1. The van der Waals surface area contributed by atoms with Gasteiger partial charge in [0.15, 0.2) is 0 Å². The molecular formula is C24H33N5O4. The molecule has 0 aliphatic heterocycles. The van der Waals surface area contributed by atoms with Crippen molar-refractivity contribution in [2.75, 3.05) is 26.2 Å². The highest BCUT2D eigenvalue weighted by Gasteiger charge is 2.11. The average Bonchev–Trinajstić information content (AvgIpc) is 3.48. The first-order chi connectivity index (χ1) is 16.0. The van der Waals surface area contributed by atoms with Crippen LogP contribution in [0.15, 0.2) is 47.2 Å². The Bertz CT molecular complexity index is 1000. The molecule has 5 N–H and O–H groups in total. The van der Waals surface area contributed by atoms with Crippen molar-refractivity contribution in [1.82, 2.24) is 20.0 Å². The number of aromatic nitrogens is 3. The van der Waals surface area contributed by atoms with Gasteiger partial charge in [-0.2, -0.15) is 0 Å². The molecule has 1 aromatic carbocycles. The van der Waals surface area contributed by atoms with Crippen molar-refractivity contribution in [2.24, 2.45) is 5.73 Å². The maximum atomic E-state index is 9.84. The molecule has 0 saturated carbocycles. The minimum absolute atomic E-state index is 0.192. The zero-order valence-corrected chi connectivity index (χ0v) is 19.4. The zero-order chi connectivity index (χ0) is 24.1. The summed E-state index contributed by atoms with van der Waals surface area (Å²) < 4.78 is 12.7. The lowest BCUT2D eigenvalue weighted by molar-refractivity contribution is 0.107. The number of aliphatic hydroxyl groups is 2. The summed E-state index contributed by atoms with van der Waals surface area (Å²) in [6.07, 6.45) is 2.15. The lowest BCUT2D eigenvalue weighted by atomic mass is 10.2. The highest BCUT2D eigenvalue weighted by molar-refractivity contribution is 5.41. The van der Waals surface area contributed by atoms with E-state index in [4.69, 9.17) is 15.0 Å². The molecule has 0 aliphatic rings. The number of aliphatic hydroxyl groups excluding tert-OH is 2. The minimum atomic E-state index is -0.663. The molecule has 9 heteroatoms. The van der Waals surface area contributed by atoms with E-state index in [1.165, 1.54) is 0 Å². The molecule has 0 aliphatic carbocycles. The van der Waals surface area contributed by atoms with E-state index in [9.17, 15) is 10.2 Å². The minimum Gasteiger partial charge on any atom is -0.491 e. The fourth-order valence-electron chi connectivity index (χ4n) is 2.83. The fraction of sp³-hybridized carbons (Fsp3) is 0.417. The lowest BCUT2D eigenvalue weighted by Gasteiger charge is -2.12. The highest BCUT2D eigenvalue weighted by Crippen LogP contribution is 2.14. The van der Waals surface area contributed by atoms with E-state index in [1.807, 2.05) is 30.5 Å². The molecule has 3 aromatic rings. The Morgan fingerprint density at radius 1 is 1.21 bits per heavy atom. The van der Waals surface area contributed by atoms with E-state index in [-0.39, 0.29) is 6.61 Å². The van der Waals surface area contributed by atoms with Gasteiger partial charge in [-0.15, -0.1) is 0 Å². The van der Waals surface area contributed by atoms with Gasteiger partial charge in [-0.05, 0) is 37.1 Å². The molecule has 3 rings (SSSR count). The van der Waals surface area contributed by atoms with Crippen LogP contribution >= 0.6 is 0 Å². The molecule has 1 unspecified atom stereocenters. The van der Waals surface area contributed by atoms with E-state index >= 15 is 0 Å². The third kappa shape index (κ3) is 8.71. The number of nitrogens with zero attached hydrogens (tertiary/aromatic N) is 3. The van der Waals surface area contributed by atoms with Gasteiger partial charge in [-0.3, -0.25) is 0 Å². The van der Waals surface area contributed by atoms with E-state index in [1.54, 1.807) is 37.5 Å². The second-order valence-electron chi connectivity index (χ2n) is 7.00. The molecule has 33 heavy (non-hydrogen) atoms. The summed E-state index contributed by atoms with van der Waals surface area (Å²) in [4.78, 5) is 4.14. The third-order valence-electron chi connectivity index (χ3n) is 4.34. The molecule has 0 spiro atoms. The predicted octanol–water partition coefficient (Wildman–Crippen LogP) is 1.69. The monoisotopic (exact) mass is 455 g/mol. The number of nitrogens with one attached hydrogen (secondary N) is 1. The van der Waals surface area contributed by atoms with Gasteiger partial charge in [0.05, 0.1) is 6.54 Å². The van der Waals surface area contributed by atoms with Crippen LogP contribution in [0.5, 0.6) is 5.75 Å². The van der Waals surface area contributed by atoms with E-state index in [0.29, 0.717) is 49.2 Å².